The van der Waals surface area contributed by atoms with Crippen molar-refractivity contribution in [2.24, 2.45) is 17.8 Å². The van der Waals surface area contributed by atoms with Gasteiger partial charge >= 0.3 is 0 Å². The standard InChI is InChI=1S/C31H40N5O3/c1-31(2,3)22-9-7-21(8-10-22)30(38)36-19-25-24(26(25)20-36)17-32-29(37)27-5-4-6-28(33-27)35-12-11-23(18-35)34-13-15-39-16-14-34/h4,6-10,23-26H,11-20H2,1-3H3,(H,32,37). The quantitative estimate of drug-likeness (QED) is 0.619. The Hall–Kier alpha value is -2.97. The van der Waals surface area contributed by atoms with Gasteiger partial charge in [-0.3, -0.25) is 14.5 Å². The summed E-state index contributed by atoms with van der Waals surface area (Å²) in [6, 6.07) is 15.3. The molecule has 1 aromatic carbocycles. The van der Waals surface area contributed by atoms with E-state index in [4.69, 9.17) is 4.74 Å². The van der Waals surface area contributed by atoms with Crippen LogP contribution in [0.2, 0.25) is 0 Å². The summed E-state index contributed by atoms with van der Waals surface area (Å²) in [4.78, 5) is 37.3. The number of pyridine rings is 1. The van der Waals surface area contributed by atoms with Crippen LogP contribution in [0.1, 0.15) is 53.6 Å². The number of hydrogen-bond acceptors (Lipinski definition) is 6. The number of fused-ring (bicyclic) bond motifs is 1. The van der Waals surface area contributed by atoms with E-state index in [2.05, 4.69) is 59.1 Å². The summed E-state index contributed by atoms with van der Waals surface area (Å²) in [5.41, 5.74) is 2.41. The summed E-state index contributed by atoms with van der Waals surface area (Å²) >= 11 is 0. The van der Waals surface area contributed by atoms with Gasteiger partial charge in [0, 0.05) is 63.5 Å². The van der Waals surface area contributed by atoms with Gasteiger partial charge in [0.2, 0.25) is 0 Å². The monoisotopic (exact) mass is 530 g/mol. The lowest BCUT2D eigenvalue weighted by atomic mass is 9.86. The van der Waals surface area contributed by atoms with Crippen molar-refractivity contribution in [3.05, 3.63) is 59.3 Å². The van der Waals surface area contributed by atoms with Gasteiger partial charge in [0.05, 0.1) is 13.2 Å². The number of carbonyl (C=O) groups is 2. The molecule has 2 aromatic rings. The molecule has 207 valence electrons. The van der Waals surface area contributed by atoms with Crippen LogP contribution in [0.25, 0.3) is 0 Å². The topological polar surface area (TPSA) is 78.0 Å². The molecule has 3 aliphatic heterocycles. The van der Waals surface area contributed by atoms with Gasteiger partial charge in [0.15, 0.2) is 0 Å². The number of anilines is 1. The van der Waals surface area contributed by atoms with Crippen molar-refractivity contribution in [3.8, 4) is 0 Å². The molecule has 6 rings (SSSR count). The highest BCUT2D eigenvalue weighted by Crippen LogP contribution is 2.51. The van der Waals surface area contributed by atoms with Gasteiger partial charge in [-0.15, -0.1) is 0 Å². The first kappa shape index (κ1) is 26.3. The number of benzene rings is 1. The molecule has 1 radical (unpaired) electrons. The largest absolute Gasteiger partial charge is 0.379 e. The highest BCUT2D eigenvalue weighted by Gasteiger charge is 2.56. The van der Waals surface area contributed by atoms with Crippen LogP contribution in [-0.4, -0.2) is 91.7 Å². The van der Waals surface area contributed by atoms with E-state index >= 15 is 0 Å². The number of nitrogens with zero attached hydrogens (tertiary/aromatic N) is 4. The minimum atomic E-state index is -0.169. The third kappa shape index (κ3) is 5.54. The lowest BCUT2D eigenvalue weighted by molar-refractivity contribution is 0.0209. The Bertz CT molecular complexity index is 1190. The van der Waals surface area contributed by atoms with Crippen molar-refractivity contribution >= 4 is 17.6 Å². The van der Waals surface area contributed by atoms with Crippen LogP contribution in [-0.2, 0) is 10.2 Å². The molecule has 1 aliphatic carbocycles. The number of aromatic nitrogens is 1. The second kappa shape index (κ2) is 10.5. The molecule has 3 unspecified atom stereocenters. The molecule has 1 N–H and O–H groups in total. The first-order valence-corrected chi connectivity index (χ1v) is 14.4. The van der Waals surface area contributed by atoms with Crippen molar-refractivity contribution in [3.63, 3.8) is 0 Å². The van der Waals surface area contributed by atoms with E-state index in [-0.39, 0.29) is 17.2 Å². The predicted octanol–water partition coefficient (Wildman–Crippen LogP) is 2.84. The molecule has 3 saturated heterocycles. The first-order valence-electron chi connectivity index (χ1n) is 14.4. The van der Waals surface area contributed by atoms with E-state index in [0.29, 0.717) is 36.0 Å². The molecule has 0 spiro atoms. The van der Waals surface area contributed by atoms with Gasteiger partial charge in [0.1, 0.15) is 11.5 Å². The number of carbonyl (C=O) groups excluding carboxylic acids is 2. The van der Waals surface area contributed by atoms with Gasteiger partial charge in [-0.1, -0.05) is 32.9 Å². The average Bonchev–Trinajstić information content (AvgIpc) is 3.31. The number of hydrogen-bond donors (Lipinski definition) is 1. The third-order valence-corrected chi connectivity index (χ3v) is 9.10. The molecule has 1 saturated carbocycles. The normalized spacial score (nSPS) is 26.9. The van der Waals surface area contributed by atoms with Crippen LogP contribution in [0.15, 0.2) is 36.4 Å². The number of ether oxygens (including phenoxy) is 1. The Morgan fingerprint density at radius 1 is 1.03 bits per heavy atom. The summed E-state index contributed by atoms with van der Waals surface area (Å²) in [6.07, 6.45) is 1.11. The van der Waals surface area contributed by atoms with E-state index in [1.54, 1.807) is 0 Å². The van der Waals surface area contributed by atoms with Gasteiger partial charge in [0.25, 0.3) is 11.8 Å². The molecular weight excluding hydrogens is 490 g/mol. The number of amides is 2. The number of piperidine rings is 1. The van der Waals surface area contributed by atoms with Crippen LogP contribution in [0, 0.1) is 23.8 Å². The zero-order valence-corrected chi connectivity index (χ0v) is 23.4. The molecule has 0 bridgehead atoms. The molecule has 2 amide bonds. The van der Waals surface area contributed by atoms with E-state index in [1.165, 1.54) is 5.56 Å². The summed E-state index contributed by atoms with van der Waals surface area (Å²) in [6.45, 7) is 14.2. The number of morpholine rings is 1. The minimum Gasteiger partial charge on any atom is -0.379 e. The van der Waals surface area contributed by atoms with Gasteiger partial charge < -0.3 is 19.9 Å². The molecular formula is C31H40N5O3. The highest BCUT2D eigenvalue weighted by molar-refractivity contribution is 5.94. The second-order valence-electron chi connectivity index (χ2n) is 12.6. The van der Waals surface area contributed by atoms with Crippen LogP contribution < -0.4 is 10.2 Å². The second-order valence-corrected chi connectivity index (χ2v) is 12.6. The Kier molecular flexibility index (Phi) is 7.10. The summed E-state index contributed by atoms with van der Waals surface area (Å²) in [7, 11) is 0. The predicted molar refractivity (Wildman–Crippen MR) is 150 cm³/mol. The van der Waals surface area contributed by atoms with E-state index in [1.807, 2.05) is 29.2 Å². The molecule has 39 heavy (non-hydrogen) atoms. The zero-order chi connectivity index (χ0) is 27.1. The van der Waals surface area contributed by atoms with Crippen molar-refractivity contribution < 1.29 is 14.3 Å². The van der Waals surface area contributed by atoms with Gasteiger partial charge in [-0.2, -0.15) is 0 Å². The minimum absolute atomic E-state index is 0.0728. The third-order valence-electron chi connectivity index (χ3n) is 9.10. The van der Waals surface area contributed by atoms with Crippen molar-refractivity contribution in [2.45, 2.75) is 38.6 Å². The Morgan fingerprint density at radius 3 is 2.44 bits per heavy atom. The van der Waals surface area contributed by atoms with Crippen LogP contribution >= 0.6 is 0 Å². The lowest BCUT2D eigenvalue weighted by Crippen LogP contribution is -2.44. The zero-order valence-electron chi connectivity index (χ0n) is 23.4. The molecule has 8 heteroatoms. The number of likely N-dealkylation sites (tertiary alicyclic amines) is 1. The van der Waals surface area contributed by atoms with E-state index < -0.39 is 0 Å². The maximum Gasteiger partial charge on any atom is 0.270 e. The van der Waals surface area contributed by atoms with Gasteiger partial charge in [-0.05, 0) is 59.4 Å². The Labute approximate surface area is 231 Å². The number of rotatable bonds is 6. The fourth-order valence-corrected chi connectivity index (χ4v) is 6.57. The highest BCUT2D eigenvalue weighted by atomic mass is 16.5. The molecule has 3 atom stereocenters. The van der Waals surface area contributed by atoms with Gasteiger partial charge in [-0.25, -0.2) is 4.98 Å². The molecule has 8 nitrogen and oxygen atoms in total. The fraction of sp³-hybridized carbons (Fsp3) is 0.581. The molecule has 4 aliphatic rings. The smallest absolute Gasteiger partial charge is 0.270 e. The average molecular weight is 531 g/mol. The first-order chi connectivity index (χ1) is 18.8. The lowest BCUT2D eigenvalue weighted by Gasteiger charge is -2.32. The molecule has 1 aromatic heterocycles. The summed E-state index contributed by atoms with van der Waals surface area (Å²) < 4.78 is 5.49. The van der Waals surface area contributed by atoms with Crippen molar-refractivity contribution in [2.75, 3.05) is 63.9 Å². The number of nitrogens with one attached hydrogen (secondary N) is 1. The van der Waals surface area contributed by atoms with E-state index in [0.717, 1.165) is 70.3 Å². The van der Waals surface area contributed by atoms with Crippen LogP contribution in [0.4, 0.5) is 5.82 Å². The fourth-order valence-electron chi connectivity index (χ4n) is 6.57. The molecule has 4 fully saturated rings. The van der Waals surface area contributed by atoms with Crippen LogP contribution in [0.5, 0.6) is 0 Å². The Morgan fingerprint density at radius 2 is 1.74 bits per heavy atom. The maximum atomic E-state index is 13.0. The Balaban J connectivity index is 0.973. The van der Waals surface area contributed by atoms with E-state index in [9.17, 15) is 9.59 Å². The maximum absolute atomic E-state index is 13.0. The molecule has 4 heterocycles. The van der Waals surface area contributed by atoms with Crippen molar-refractivity contribution in [1.82, 2.24) is 20.1 Å². The summed E-state index contributed by atoms with van der Waals surface area (Å²) in [5.74, 6) is 2.15. The van der Waals surface area contributed by atoms with Crippen molar-refractivity contribution in [1.29, 1.82) is 0 Å². The summed E-state index contributed by atoms with van der Waals surface area (Å²) in [5, 5.41) is 3.09. The SMILES string of the molecule is CC(C)(C)c1ccc(C(=O)N2CC3C(CNC(=O)c4[c]ccc(N5CCC(N6CCOCC6)C5)n4)C3C2)cc1. The van der Waals surface area contributed by atoms with Crippen LogP contribution in [0.3, 0.4) is 0 Å².